The fraction of sp³-hybridized carbons (Fsp3) is 0.176. The smallest absolute Gasteiger partial charge is 0.251 e. The van der Waals surface area contributed by atoms with Crippen molar-refractivity contribution in [2.24, 2.45) is 0 Å². The predicted octanol–water partition coefficient (Wildman–Crippen LogP) is 3.13. The summed E-state index contributed by atoms with van der Waals surface area (Å²) < 4.78 is 26.7. The minimum absolute atomic E-state index is 0.0708. The number of benzene rings is 2. The lowest BCUT2D eigenvalue weighted by molar-refractivity contribution is 0.0950. The van der Waals surface area contributed by atoms with Crippen LogP contribution in [0.3, 0.4) is 0 Å². The van der Waals surface area contributed by atoms with Crippen molar-refractivity contribution in [1.29, 1.82) is 0 Å². The molecule has 0 saturated heterocycles. The number of amides is 1. The quantitative estimate of drug-likeness (QED) is 0.702. The van der Waals surface area contributed by atoms with E-state index in [0.717, 1.165) is 19.5 Å². The van der Waals surface area contributed by atoms with E-state index in [4.69, 9.17) is 11.6 Å². The van der Waals surface area contributed by atoms with Crippen LogP contribution in [0, 0.1) is 0 Å². The first-order chi connectivity index (χ1) is 12.3. The van der Waals surface area contributed by atoms with Gasteiger partial charge in [0.2, 0.25) is 10.0 Å². The third kappa shape index (κ3) is 3.73. The number of nitrogens with zero attached hydrogens (tertiary/aromatic N) is 2. The summed E-state index contributed by atoms with van der Waals surface area (Å²) in [4.78, 5) is 16.8. The fourth-order valence-electron chi connectivity index (χ4n) is 2.29. The van der Waals surface area contributed by atoms with Crippen LogP contribution in [0.4, 0.5) is 0 Å². The minimum Gasteiger partial charge on any atom is -0.346 e. The highest BCUT2D eigenvalue weighted by Crippen LogP contribution is 2.25. The average molecular weight is 410 g/mol. The highest BCUT2D eigenvalue weighted by atomic mass is 35.5. The van der Waals surface area contributed by atoms with Gasteiger partial charge in [0.25, 0.3) is 5.91 Å². The molecule has 0 fully saturated rings. The second kappa shape index (κ2) is 7.32. The maximum atomic E-state index is 12.4. The van der Waals surface area contributed by atoms with Gasteiger partial charge in [0.15, 0.2) is 0 Å². The molecular formula is C17H16ClN3O3S2. The van der Waals surface area contributed by atoms with Gasteiger partial charge in [-0.3, -0.25) is 4.79 Å². The molecule has 0 bridgehead atoms. The number of aromatic nitrogens is 1. The van der Waals surface area contributed by atoms with E-state index in [9.17, 15) is 13.2 Å². The lowest BCUT2D eigenvalue weighted by Gasteiger charge is -2.13. The van der Waals surface area contributed by atoms with Crippen molar-refractivity contribution in [1.82, 2.24) is 14.6 Å². The van der Waals surface area contributed by atoms with Crippen molar-refractivity contribution >= 4 is 49.1 Å². The predicted molar refractivity (Wildman–Crippen MR) is 103 cm³/mol. The second-order valence-electron chi connectivity index (χ2n) is 5.69. The van der Waals surface area contributed by atoms with Crippen LogP contribution in [0.25, 0.3) is 10.2 Å². The Morgan fingerprint density at radius 2 is 1.96 bits per heavy atom. The van der Waals surface area contributed by atoms with E-state index >= 15 is 0 Å². The maximum Gasteiger partial charge on any atom is 0.251 e. The van der Waals surface area contributed by atoms with E-state index in [2.05, 4.69) is 10.3 Å². The van der Waals surface area contributed by atoms with Crippen molar-refractivity contribution in [2.75, 3.05) is 14.1 Å². The van der Waals surface area contributed by atoms with E-state index in [-0.39, 0.29) is 22.0 Å². The summed E-state index contributed by atoms with van der Waals surface area (Å²) in [5.74, 6) is -0.392. The Morgan fingerprint density at radius 3 is 2.65 bits per heavy atom. The molecule has 1 heterocycles. The molecular weight excluding hydrogens is 394 g/mol. The molecule has 136 valence electrons. The van der Waals surface area contributed by atoms with Gasteiger partial charge >= 0.3 is 0 Å². The number of thiazole rings is 1. The Labute approximate surface area is 160 Å². The third-order valence-electron chi connectivity index (χ3n) is 3.69. The first-order valence-electron chi connectivity index (χ1n) is 7.64. The van der Waals surface area contributed by atoms with E-state index in [1.165, 1.54) is 43.6 Å². The summed E-state index contributed by atoms with van der Waals surface area (Å²) in [5, 5.41) is 3.60. The van der Waals surface area contributed by atoms with Crippen LogP contribution >= 0.6 is 22.9 Å². The van der Waals surface area contributed by atoms with Gasteiger partial charge in [-0.2, -0.15) is 0 Å². The number of rotatable bonds is 5. The monoisotopic (exact) mass is 409 g/mol. The SMILES string of the molecule is CN(C)S(=O)(=O)c1cc(C(=O)NCc2nc3ccccc3s2)ccc1Cl. The molecule has 1 aromatic heterocycles. The summed E-state index contributed by atoms with van der Waals surface area (Å²) in [5.41, 5.74) is 1.10. The van der Waals surface area contributed by atoms with Crippen LogP contribution in [-0.4, -0.2) is 37.7 Å². The Morgan fingerprint density at radius 1 is 1.23 bits per heavy atom. The largest absolute Gasteiger partial charge is 0.346 e. The topological polar surface area (TPSA) is 79.4 Å². The van der Waals surface area contributed by atoms with Gasteiger partial charge in [-0.25, -0.2) is 17.7 Å². The van der Waals surface area contributed by atoms with Crippen LogP contribution in [0.5, 0.6) is 0 Å². The van der Waals surface area contributed by atoms with Crippen LogP contribution in [-0.2, 0) is 16.6 Å². The molecule has 3 aromatic rings. The van der Waals surface area contributed by atoms with Crippen LogP contribution in [0.1, 0.15) is 15.4 Å². The number of carbonyl (C=O) groups is 1. The molecule has 6 nitrogen and oxygen atoms in total. The van der Waals surface area contributed by atoms with Crippen molar-refractivity contribution in [2.45, 2.75) is 11.4 Å². The van der Waals surface area contributed by atoms with Crippen LogP contribution in [0.15, 0.2) is 47.4 Å². The molecule has 1 N–H and O–H groups in total. The van der Waals surface area contributed by atoms with Gasteiger partial charge in [0, 0.05) is 19.7 Å². The van der Waals surface area contributed by atoms with Crippen molar-refractivity contribution in [3.05, 3.63) is 58.1 Å². The number of para-hydroxylation sites is 1. The summed E-state index contributed by atoms with van der Waals surface area (Å²) in [6.45, 7) is 0.260. The molecule has 0 radical (unpaired) electrons. The normalized spacial score (nSPS) is 11.8. The highest BCUT2D eigenvalue weighted by Gasteiger charge is 2.22. The number of fused-ring (bicyclic) bond motifs is 1. The molecule has 0 unspecified atom stereocenters. The van der Waals surface area contributed by atoms with Gasteiger partial charge in [0.1, 0.15) is 9.90 Å². The Hall–Kier alpha value is -2.00. The Balaban J connectivity index is 1.79. The minimum atomic E-state index is -3.74. The average Bonchev–Trinajstić information content (AvgIpc) is 3.02. The van der Waals surface area contributed by atoms with E-state index in [1.54, 1.807) is 0 Å². The molecule has 0 spiro atoms. The molecule has 0 aliphatic rings. The molecule has 3 rings (SSSR count). The molecule has 1 amide bonds. The molecule has 9 heteroatoms. The zero-order chi connectivity index (χ0) is 18.9. The number of sulfonamides is 1. The summed E-state index contributed by atoms with van der Waals surface area (Å²) in [6.07, 6.45) is 0. The van der Waals surface area contributed by atoms with Gasteiger partial charge in [-0.15, -0.1) is 11.3 Å². The van der Waals surface area contributed by atoms with Crippen LogP contribution in [0.2, 0.25) is 5.02 Å². The molecule has 26 heavy (non-hydrogen) atoms. The number of halogens is 1. The first-order valence-corrected chi connectivity index (χ1v) is 10.3. The third-order valence-corrected chi connectivity index (χ3v) is 7.02. The Bertz CT molecular complexity index is 1040. The van der Waals surface area contributed by atoms with E-state index < -0.39 is 15.9 Å². The van der Waals surface area contributed by atoms with Crippen molar-refractivity contribution < 1.29 is 13.2 Å². The fourth-order valence-corrected chi connectivity index (χ4v) is 4.59. The Kier molecular flexibility index (Phi) is 5.29. The maximum absolute atomic E-state index is 12.4. The number of carbonyl (C=O) groups excluding carboxylic acids is 1. The highest BCUT2D eigenvalue weighted by molar-refractivity contribution is 7.89. The van der Waals surface area contributed by atoms with Gasteiger partial charge in [0.05, 0.1) is 21.8 Å². The molecule has 0 saturated carbocycles. The number of nitrogens with one attached hydrogen (secondary N) is 1. The first kappa shape index (κ1) is 18.8. The molecule has 0 aliphatic carbocycles. The van der Waals surface area contributed by atoms with Gasteiger partial charge in [-0.1, -0.05) is 23.7 Å². The second-order valence-corrected chi connectivity index (χ2v) is 9.33. The summed E-state index contributed by atoms with van der Waals surface area (Å²) in [6, 6.07) is 11.9. The summed E-state index contributed by atoms with van der Waals surface area (Å²) in [7, 11) is -0.920. The van der Waals surface area contributed by atoms with Crippen molar-refractivity contribution in [3.63, 3.8) is 0 Å². The molecule has 2 aromatic carbocycles. The van der Waals surface area contributed by atoms with Crippen molar-refractivity contribution in [3.8, 4) is 0 Å². The van der Waals surface area contributed by atoms with Crippen LogP contribution < -0.4 is 5.32 Å². The van der Waals surface area contributed by atoms with E-state index in [0.29, 0.717) is 0 Å². The lowest BCUT2D eigenvalue weighted by Crippen LogP contribution is -2.25. The standard InChI is InChI=1S/C17H16ClN3O3S2/c1-21(2)26(23,24)15-9-11(7-8-12(15)18)17(22)19-10-16-20-13-5-3-4-6-14(13)25-16/h3-9H,10H2,1-2H3,(H,19,22). The zero-order valence-electron chi connectivity index (χ0n) is 14.1. The van der Waals surface area contributed by atoms with Gasteiger partial charge in [-0.05, 0) is 30.3 Å². The molecule has 0 atom stereocenters. The number of hydrogen-bond acceptors (Lipinski definition) is 5. The van der Waals surface area contributed by atoms with Gasteiger partial charge < -0.3 is 5.32 Å². The number of hydrogen-bond donors (Lipinski definition) is 1. The lowest BCUT2D eigenvalue weighted by atomic mass is 10.2. The summed E-state index contributed by atoms with van der Waals surface area (Å²) >= 11 is 7.50. The zero-order valence-corrected chi connectivity index (χ0v) is 16.5. The molecule has 0 aliphatic heterocycles. The van der Waals surface area contributed by atoms with E-state index in [1.807, 2.05) is 24.3 Å².